The van der Waals surface area contributed by atoms with E-state index in [1.807, 2.05) is 20.8 Å². The maximum atomic E-state index is 14.0. The molecule has 5 amide bonds. The van der Waals surface area contributed by atoms with Crippen LogP contribution in [-0.2, 0) is 19.1 Å². The Bertz CT molecular complexity index is 723. The molecule has 2 rings (SSSR count). The van der Waals surface area contributed by atoms with Crippen LogP contribution in [-0.4, -0.2) is 78.1 Å². The molecule has 0 radical (unpaired) electrons. The Labute approximate surface area is 196 Å². The first-order valence-corrected chi connectivity index (χ1v) is 11.8. The van der Waals surface area contributed by atoms with Gasteiger partial charge in [0.15, 0.2) is 0 Å². The highest BCUT2D eigenvalue weighted by molar-refractivity contribution is 5.93. The maximum absolute atomic E-state index is 14.0. The Morgan fingerprint density at radius 3 is 2.42 bits per heavy atom. The van der Waals surface area contributed by atoms with Gasteiger partial charge in [-0.1, -0.05) is 39.5 Å². The lowest BCUT2D eigenvalue weighted by molar-refractivity contribution is -0.791. The second kappa shape index (κ2) is 11.4. The molecule has 1 heterocycles. The van der Waals surface area contributed by atoms with Crippen LogP contribution in [0.4, 0.5) is 9.59 Å². The summed E-state index contributed by atoms with van der Waals surface area (Å²) in [5.41, 5.74) is -0.332. The molecule has 0 aromatic heterocycles. The molecule has 0 aromatic rings. The van der Waals surface area contributed by atoms with Crippen LogP contribution in [0.2, 0.25) is 0 Å². The molecule has 0 spiro atoms. The summed E-state index contributed by atoms with van der Waals surface area (Å²) in [6, 6.07) is -1.15. The summed E-state index contributed by atoms with van der Waals surface area (Å²) in [5, 5.41) is 12.6. The van der Waals surface area contributed by atoms with E-state index in [4.69, 9.17) is 9.47 Å². The molecule has 2 aliphatic rings. The molecule has 1 aliphatic carbocycles. The van der Waals surface area contributed by atoms with Crippen molar-refractivity contribution in [2.45, 2.75) is 78.4 Å². The summed E-state index contributed by atoms with van der Waals surface area (Å²) in [6.07, 6.45) is 3.98. The van der Waals surface area contributed by atoms with Crippen LogP contribution < -0.4 is 5.32 Å². The smallest absolute Gasteiger partial charge is 0.433 e. The first kappa shape index (κ1) is 27.2. The number of nitrogens with one attached hydrogen (secondary N) is 1. The lowest BCUT2D eigenvalue weighted by atomic mass is 9.84. The number of carbonyl (C=O) groups is 4. The fraction of sp³-hybridized carbons (Fsp3) is 0.826. The molecule has 10 nitrogen and oxygen atoms in total. The number of hydroxylamine groups is 2. The molecule has 4 atom stereocenters. The summed E-state index contributed by atoms with van der Waals surface area (Å²) < 4.78 is 9.56. The monoisotopic (exact) mass is 470 g/mol. The third kappa shape index (κ3) is 6.30. The van der Waals surface area contributed by atoms with Gasteiger partial charge in [0.1, 0.15) is 12.1 Å². The largest absolute Gasteiger partial charge is 0.444 e. The highest BCUT2D eigenvalue weighted by Crippen LogP contribution is 2.44. The Morgan fingerprint density at radius 2 is 1.91 bits per heavy atom. The standard InChI is InChI=1S/C23H39N3O7/c1-16(14-32-5)33-22(30)24-21(29)26(11-10-23(3,4)17(26)2)20(28)19(13-25(31)15-27)12-18-8-6-7-9-18/h15-19,31H,6-14H2,1-5H3/p+1/t16-,17-,19-,26?/m1/s1. The van der Waals surface area contributed by atoms with Gasteiger partial charge < -0.3 is 9.47 Å². The average molecular weight is 471 g/mol. The second-order valence-electron chi connectivity index (χ2n) is 10.3. The first-order chi connectivity index (χ1) is 15.5. The number of amides is 5. The molecule has 0 aromatic carbocycles. The number of likely N-dealkylation sites (tertiary alicyclic amines) is 1. The van der Waals surface area contributed by atoms with Gasteiger partial charge in [-0.05, 0) is 26.2 Å². The number of alkyl carbamates (subject to hydrolysis) is 1. The molecule has 1 unspecified atom stereocenters. The molecule has 2 fully saturated rings. The summed E-state index contributed by atoms with van der Waals surface area (Å²) in [4.78, 5) is 51.0. The molecule has 188 valence electrons. The minimum atomic E-state index is -0.934. The zero-order chi connectivity index (χ0) is 24.8. The number of carbonyl (C=O) groups excluding carboxylic acids is 4. The Hall–Kier alpha value is -2.04. The predicted molar refractivity (Wildman–Crippen MR) is 119 cm³/mol. The molecule has 33 heavy (non-hydrogen) atoms. The van der Waals surface area contributed by atoms with E-state index < -0.39 is 34.7 Å². The molecule has 1 saturated carbocycles. The van der Waals surface area contributed by atoms with E-state index in [0.717, 1.165) is 25.7 Å². The van der Waals surface area contributed by atoms with E-state index in [-0.39, 0.29) is 37.4 Å². The van der Waals surface area contributed by atoms with Crippen LogP contribution in [0.5, 0.6) is 0 Å². The van der Waals surface area contributed by atoms with Crippen molar-refractivity contribution in [1.29, 1.82) is 0 Å². The van der Waals surface area contributed by atoms with E-state index in [2.05, 4.69) is 5.32 Å². The third-order valence-corrected chi connectivity index (χ3v) is 7.55. The van der Waals surface area contributed by atoms with Crippen LogP contribution in [0.3, 0.4) is 0 Å². The number of urea groups is 1. The molecule has 1 saturated heterocycles. The highest BCUT2D eigenvalue weighted by Gasteiger charge is 2.61. The number of rotatable bonds is 9. The number of hydrogen-bond acceptors (Lipinski definition) is 7. The normalized spacial score (nSPS) is 26.4. The van der Waals surface area contributed by atoms with Crippen molar-refractivity contribution in [2.75, 3.05) is 26.8 Å². The van der Waals surface area contributed by atoms with Crippen LogP contribution in [0.1, 0.15) is 66.2 Å². The number of ether oxygens (including phenoxy) is 2. The van der Waals surface area contributed by atoms with E-state index >= 15 is 0 Å². The van der Waals surface area contributed by atoms with Crippen molar-refractivity contribution in [3.8, 4) is 0 Å². The fourth-order valence-electron chi connectivity index (χ4n) is 5.31. The zero-order valence-electron chi connectivity index (χ0n) is 20.5. The molecular formula is C23H40N3O7+. The zero-order valence-corrected chi connectivity index (χ0v) is 20.5. The second-order valence-corrected chi connectivity index (χ2v) is 10.3. The molecule has 1 aliphatic heterocycles. The minimum absolute atomic E-state index is 0.172. The van der Waals surface area contributed by atoms with Crippen molar-refractivity contribution < 1.29 is 38.3 Å². The van der Waals surface area contributed by atoms with Crippen molar-refractivity contribution in [3.05, 3.63) is 0 Å². The highest BCUT2D eigenvalue weighted by atomic mass is 16.6. The van der Waals surface area contributed by atoms with Gasteiger partial charge in [0.25, 0.3) is 0 Å². The summed E-state index contributed by atoms with van der Waals surface area (Å²) in [7, 11) is 1.48. The molecule has 0 bridgehead atoms. The van der Waals surface area contributed by atoms with Gasteiger partial charge in [-0.3, -0.25) is 10.0 Å². The Kier molecular flexibility index (Phi) is 9.39. The molecule has 10 heteroatoms. The third-order valence-electron chi connectivity index (χ3n) is 7.55. The number of imide groups is 2. The number of nitrogens with zero attached hydrogens (tertiary/aromatic N) is 2. The summed E-state index contributed by atoms with van der Waals surface area (Å²) >= 11 is 0. The Morgan fingerprint density at radius 1 is 1.27 bits per heavy atom. The number of methoxy groups -OCH3 is 1. The van der Waals surface area contributed by atoms with Gasteiger partial charge >= 0.3 is 18.0 Å². The van der Waals surface area contributed by atoms with Crippen molar-refractivity contribution in [1.82, 2.24) is 10.4 Å². The van der Waals surface area contributed by atoms with E-state index in [1.54, 1.807) is 6.92 Å². The lowest BCUT2D eigenvalue weighted by Crippen LogP contribution is -2.67. The lowest BCUT2D eigenvalue weighted by Gasteiger charge is -2.38. The minimum Gasteiger partial charge on any atom is -0.444 e. The maximum Gasteiger partial charge on any atom is 0.433 e. The number of hydrogen-bond donors (Lipinski definition) is 2. The van der Waals surface area contributed by atoms with Crippen molar-refractivity contribution >= 4 is 24.4 Å². The van der Waals surface area contributed by atoms with Crippen molar-refractivity contribution in [2.24, 2.45) is 17.3 Å². The van der Waals surface area contributed by atoms with Gasteiger partial charge in [-0.25, -0.2) is 24.8 Å². The topological polar surface area (TPSA) is 122 Å². The fourth-order valence-corrected chi connectivity index (χ4v) is 5.31. The van der Waals surface area contributed by atoms with Gasteiger partial charge in [-0.2, -0.15) is 4.48 Å². The average Bonchev–Trinajstić information content (AvgIpc) is 3.34. The summed E-state index contributed by atoms with van der Waals surface area (Å²) in [6.45, 7) is 7.68. The predicted octanol–water partition coefficient (Wildman–Crippen LogP) is 3.07. The van der Waals surface area contributed by atoms with E-state index in [9.17, 15) is 24.4 Å². The van der Waals surface area contributed by atoms with Gasteiger partial charge in [0.2, 0.25) is 6.41 Å². The van der Waals surface area contributed by atoms with Crippen LogP contribution >= 0.6 is 0 Å². The van der Waals surface area contributed by atoms with Crippen LogP contribution in [0, 0.1) is 17.3 Å². The van der Waals surface area contributed by atoms with Gasteiger partial charge in [0, 0.05) is 18.9 Å². The quantitative estimate of drug-likeness (QED) is 0.230. The van der Waals surface area contributed by atoms with Gasteiger partial charge in [0.05, 0.1) is 25.6 Å². The molecule has 2 N–H and O–H groups in total. The first-order valence-electron chi connectivity index (χ1n) is 11.8. The molecular weight excluding hydrogens is 430 g/mol. The van der Waals surface area contributed by atoms with Crippen LogP contribution in [0.15, 0.2) is 0 Å². The number of quaternary nitrogens is 1. The van der Waals surface area contributed by atoms with E-state index in [0.29, 0.717) is 23.8 Å². The Balaban J connectivity index is 2.33. The van der Waals surface area contributed by atoms with E-state index in [1.165, 1.54) is 7.11 Å². The van der Waals surface area contributed by atoms with Crippen molar-refractivity contribution in [3.63, 3.8) is 0 Å². The summed E-state index contributed by atoms with van der Waals surface area (Å²) in [5.74, 6) is -0.808. The van der Waals surface area contributed by atoms with Gasteiger partial charge in [-0.15, -0.1) is 0 Å². The van der Waals surface area contributed by atoms with Crippen LogP contribution in [0.25, 0.3) is 0 Å². The SMILES string of the molecule is COC[C@@H](C)OC(=O)NC(=O)[N+]1(C(=O)[C@H](CC2CCCC2)CN(O)C=O)CCC(C)(C)[C@H]1C.